The number of benzene rings is 4. The van der Waals surface area contributed by atoms with Crippen LogP contribution in [-0.4, -0.2) is 116 Å². The zero-order valence-corrected chi connectivity index (χ0v) is 83.3. The van der Waals surface area contributed by atoms with Crippen LogP contribution in [0, 0.1) is 52.0 Å². The third-order valence-corrected chi connectivity index (χ3v) is 17.3. The number of carbonyl (C=O) groups excluding carboxylic acids is 8. The molecule has 0 unspecified atom stereocenters. The predicted octanol–water partition coefficient (Wildman–Crippen LogP) is 19.6. The maximum Gasteiger partial charge on any atom is 0.407 e. The summed E-state index contributed by atoms with van der Waals surface area (Å²) >= 11 is 24.9. The number of pyridine rings is 7. The average molecular weight is 2030 g/mol. The molecule has 134 heavy (non-hydrogen) atoms. The fourth-order valence-electron chi connectivity index (χ4n) is 10.8. The highest BCUT2D eigenvalue weighted by atomic mass is 127. The van der Waals surface area contributed by atoms with Gasteiger partial charge in [-0.2, -0.15) is 0 Å². The number of carboxylic acid groups (broad SMARTS) is 1. The van der Waals surface area contributed by atoms with Crippen molar-refractivity contribution in [1.29, 1.82) is 0 Å². The standard InChI is InChI=1S/C26H28N4O4.C14H11NO3.C12H17ClN2O2.C12H20N4O2.C12H19N3O2.C7H7ClN2O.C7H9ClN2.C6H5ClIN/c1-17-13-18(16-27-25(33)34-26(2,3)4)14-22(28-17)30-24(32)20-10-8-9-19(15-20)23(31)29-21-11-6-5-7-12-21;16-13(15-12-7-2-1-3-8-12)10-5-4-6-11(9-10)14(17)18;1-8-5-9(6-10(13)15-8)7-14-11(16)17-12(2,3)4;1-8-5-9(6-10(15-8)16-13)7-14-11(17)18-12(2,3)4;1-8-5-9(6-10(13)15-8)7-14-11(16)17-12(2,3)4;1-4-2-5(7(9)11)3-6(8)10-4;1-5-2-6(4-9)3-7(8)10-5;1-4-2-5(8)3-6(7)9-4/h5-15H,16H2,1-4H3,(H,27,33)(H,29,31)(H,28,30,32);1-9H,(H,15,16)(H,17,18);5-6H,7H2,1-4H3,(H,14,16);5-6H,7,13H2,1-4H3,(H,14,17)(H,15,16);5-6H,7H2,1-4H3,(H2,13,15)(H,14,16);2-3H,1H3,(H2,9,11);2-3H,4,9H2,1H3;2-3H,1H3. The summed E-state index contributed by atoms with van der Waals surface area (Å²) in [5, 5.41) is 29.6. The summed E-state index contributed by atoms with van der Waals surface area (Å²) < 4.78 is 21.8. The number of para-hydroxylation sites is 2. The summed E-state index contributed by atoms with van der Waals surface area (Å²) in [6.45, 7) is 36.5. The van der Waals surface area contributed by atoms with Crippen molar-refractivity contribution in [1.82, 2.24) is 56.2 Å². The fraction of sp³-hybridized carbons (Fsp3) is 0.292. The first-order valence-corrected chi connectivity index (χ1v) is 43.9. The zero-order chi connectivity index (χ0) is 100. The highest BCUT2D eigenvalue weighted by molar-refractivity contribution is 14.1. The number of carboxylic acids is 1. The Morgan fingerprint density at radius 1 is 0.351 bits per heavy atom. The zero-order valence-electron chi connectivity index (χ0n) is 78.1. The number of ether oxygens (including phenoxy) is 4. The van der Waals surface area contributed by atoms with Crippen LogP contribution in [0.4, 0.5) is 48.0 Å². The van der Waals surface area contributed by atoms with E-state index in [1.54, 1.807) is 126 Å². The van der Waals surface area contributed by atoms with Crippen LogP contribution in [0.2, 0.25) is 20.6 Å². The number of hydrazine groups is 1. The minimum Gasteiger partial charge on any atom is -0.478 e. The highest BCUT2D eigenvalue weighted by Crippen LogP contribution is 2.21. The number of aryl methyl sites for hydroxylation is 7. The molecular formula is C96H116Cl4IN19O14. The molecule has 7 heterocycles. The van der Waals surface area contributed by atoms with Gasteiger partial charge in [0.15, 0.2) is 0 Å². The highest BCUT2D eigenvalue weighted by Gasteiger charge is 2.21. The quantitative estimate of drug-likeness (QED) is 0.0125. The smallest absolute Gasteiger partial charge is 0.407 e. The summed E-state index contributed by atoms with van der Waals surface area (Å²) in [6, 6.07) is 55.2. The molecule has 0 spiro atoms. The van der Waals surface area contributed by atoms with Gasteiger partial charge in [-0.3, -0.25) is 19.2 Å². The number of amides is 8. The van der Waals surface area contributed by atoms with Crippen molar-refractivity contribution in [3.8, 4) is 0 Å². The number of anilines is 5. The molecule has 0 radical (unpaired) electrons. The number of rotatable bonds is 18. The normalized spacial score (nSPS) is 10.5. The maximum atomic E-state index is 12.8. The molecule has 0 aliphatic carbocycles. The lowest BCUT2D eigenvalue weighted by molar-refractivity contribution is 0.0512. The van der Waals surface area contributed by atoms with Gasteiger partial charge in [-0.05, 0) is 328 Å². The summed E-state index contributed by atoms with van der Waals surface area (Å²) in [5.74, 6) is 4.07. The van der Waals surface area contributed by atoms with E-state index in [9.17, 15) is 43.2 Å². The molecule has 17 N–H and O–H groups in total. The molecule has 0 saturated heterocycles. The van der Waals surface area contributed by atoms with Crippen molar-refractivity contribution in [2.24, 2.45) is 17.3 Å². The number of alkyl carbamates (subject to hydrolysis) is 4. The molecule has 8 amide bonds. The van der Waals surface area contributed by atoms with E-state index in [0.717, 1.165) is 59.9 Å². The SMILES string of the molecule is Cc1cc(C(N)=O)cc(Cl)n1.Cc1cc(CN)cc(Cl)n1.Cc1cc(CNC(=O)OC(C)(C)C)cc(Cl)n1.Cc1cc(CNC(=O)OC(C)(C)C)cc(N)n1.Cc1cc(CNC(=O)OC(C)(C)C)cc(NC(=O)c2cccc(C(=O)Nc3ccccc3)c2)n1.Cc1cc(CNC(=O)OC(C)(C)C)cc(NN)n1.Cc1cc(I)cc(Cl)n1.O=C(O)c1cccc(C(=O)Nc2ccccc2)c1. The lowest BCUT2D eigenvalue weighted by atomic mass is 10.1. The van der Waals surface area contributed by atoms with Crippen molar-refractivity contribution in [3.05, 3.63) is 314 Å². The van der Waals surface area contributed by atoms with E-state index in [1.165, 1.54) is 24.3 Å². The van der Waals surface area contributed by atoms with Gasteiger partial charge in [0.2, 0.25) is 5.91 Å². The number of hydrogen-bond acceptors (Lipinski definition) is 24. The number of hydrogen-bond donors (Lipinski definition) is 13. The molecule has 11 rings (SSSR count). The summed E-state index contributed by atoms with van der Waals surface area (Å²) in [7, 11) is 0. The van der Waals surface area contributed by atoms with Crippen LogP contribution in [-0.2, 0) is 51.7 Å². The number of carbonyl (C=O) groups is 9. The monoisotopic (exact) mass is 2030 g/mol. The first-order chi connectivity index (χ1) is 62.6. The van der Waals surface area contributed by atoms with Crippen molar-refractivity contribution in [2.75, 3.05) is 27.1 Å². The lowest BCUT2D eigenvalue weighted by Gasteiger charge is -2.19. The Morgan fingerprint density at radius 3 is 1.00 bits per heavy atom. The van der Waals surface area contributed by atoms with E-state index in [0.29, 0.717) is 109 Å². The average Bonchev–Trinajstić information content (AvgIpc) is 0.836. The first kappa shape index (κ1) is 113. The molecule has 0 bridgehead atoms. The molecule has 0 aliphatic heterocycles. The number of nitrogens with two attached hydrogens (primary N) is 4. The third kappa shape index (κ3) is 49.3. The molecule has 33 nitrogen and oxygen atoms in total. The number of nitrogens with zero attached hydrogens (tertiary/aromatic N) is 7. The number of aromatic nitrogens is 7. The van der Waals surface area contributed by atoms with Gasteiger partial charge >= 0.3 is 30.3 Å². The van der Waals surface area contributed by atoms with E-state index >= 15 is 0 Å². The second-order valence-electron chi connectivity index (χ2n) is 33.2. The van der Waals surface area contributed by atoms with Crippen LogP contribution in [0.3, 0.4) is 0 Å². The minimum atomic E-state index is -1.05. The van der Waals surface area contributed by atoms with Crippen LogP contribution >= 0.6 is 69.0 Å². The molecule has 0 saturated carbocycles. The van der Waals surface area contributed by atoms with Crippen molar-refractivity contribution in [2.45, 2.75) is 187 Å². The van der Waals surface area contributed by atoms with Crippen molar-refractivity contribution in [3.63, 3.8) is 0 Å². The number of nitrogen functional groups attached to an aromatic ring is 2. The Kier molecular flexibility index (Phi) is 46.7. The Morgan fingerprint density at radius 2 is 0.657 bits per heavy atom. The van der Waals surface area contributed by atoms with Crippen LogP contribution in [0.25, 0.3) is 0 Å². The van der Waals surface area contributed by atoms with E-state index < -0.39 is 64.6 Å². The number of primary amides is 1. The summed E-state index contributed by atoms with van der Waals surface area (Å²) in [6.07, 6.45) is -1.86. The van der Waals surface area contributed by atoms with Gasteiger partial charge in [0, 0.05) is 110 Å². The van der Waals surface area contributed by atoms with Gasteiger partial charge in [0.05, 0.1) is 5.56 Å². The van der Waals surface area contributed by atoms with Gasteiger partial charge in [-0.1, -0.05) is 94.9 Å². The second kappa shape index (κ2) is 55.3. The van der Waals surface area contributed by atoms with Crippen molar-refractivity contribution >= 4 is 152 Å². The van der Waals surface area contributed by atoms with Gasteiger partial charge in [0.25, 0.3) is 17.7 Å². The molecule has 4 aromatic carbocycles. The lowest BCUT2D eigenvalue weighted by Crippen LogP contribution is -2.32. The molecule has 7 aromatic heterocycles. The molecule has 11 aromatic rings. The summed E-state index contributed by atoms with van der Waals surface area (Å²) in [5.41, 5.74) is 29.5. The first-order valence-electron chi connectivity index (χ1n) is 41.3. The van der Waals surface area contributed by atoms with E-state index in [-0.39, 0.29) is 23.9 Å². The molecule has 0 aliphatic rings. The molecule has 0 atom stereocenters. The maximum absolute atomic E-state index is 12.8. The van der Waals surface area contributed by atoms with Gasteiger partial charge < -0.3 is 83.9 Å². The van der Waals surface area contributed by atoms with Crippen LogP contribution in [0.5, 0.6) is 0 Å². The van der Waals surface area contributed by atoms with Crippen LogP contribution in [0.15, 0.2) is 194 Å². The Bertz CT molecular complexity index is 5570. The number of nitrogens with one attached hydrogen (secondary N) is 8. The molecular weight excluding hydrogens is 1910 g/mol. The second-order valence-corrected chi connectivity index (χ2v) is 36.0. The number of aromatic carboxylic acids is 1. The molecule has 0 fully saturated rings. The van der Waals surface area contributed by atoms with Crippen molar-refractivity contribution < 1.29 is 67.2 Å². The topological polar surface area (TPSA) is 501 Å². The summed E-state index contributed by atoms with van der Waals surface area (Å²) in [4.78, 5) is 133. The van der Waals surface area contributed by atoms with Gasteiger partial charge in [-0.15, -0.1) is 0 Å². The van der Waals surface area contributed by atoms with Gasteiger partial charge in [0.1, 0.15) is 60.5 Å². The van der Waals surface area contributed by atoms with E-state index in [1.807, 2.05) is 176 Å². The Labute approximate surface area is 814 Å². The predicted molar refractivity (Wildman–Crippen MR) is 533 cm³/mol. The minimum absolute atomic E-state index is 0.0933. The van der Waals surface area contributed by atoms with Crippen LogP contribution in [0.1, 0.15) is 203 Å². The number of halogens is 5. The third-order valence-electron chi connectivity index (χ3n) is 15.9. The Balaban J connectivity index is 0.000000332. The van der Waals surface area contributed by atoms with E-state index in [2.05, 4.69) is 100 Å². The van der Waals surface area contributed by atoms with Gasteiger partial charge in [-0.25, -0.2) is 64.7 Å². The molecule has 38 heteroatoms. The molecule has 714 valence electrons. The van der Waals surface area contributed by atoms with E-state index in [4.69, 9.17) is 93.5 Å². The van der Waals surface area contributed by atoms with Crippen LogP contribution < -0.4 is 65.7 Å². The largest absolute Gasteiger partial charge is 0.478 e. The fourth-order valence-corrected chi connectivity index (χ4v) is 12.8. The Hall–Kier alpha value is -13.2.